The Balaban J connectivity index is -0.00000000500. The van der Waals surface area contributed by atoms with Gasteiger partial charge in [0.25, 0.3) is 0 Å². The standard InChI is InChI=1S/C2H5.CH3.Cs/c1-2;;/h1H2,2H3;1H3;/q2*-1;+1. The van der Waals surface area contributed by atoms with E-state index in [9.17, 15) is 0 Å². The van der Waals surface area contributed by atoms with Gasteiger partial charge in [0.15, 0.2) is 0 Å². The molecule has 0 nitrogen and oxygen atoms in total. The molecule has 0 atom stereocenters. The summed E-state index contributed by atoms with van der Waals surface area (Å²) >= 11 is 0. The van der Waals surface area contributed by atoms with Crippen molar-refractivity contribution in [3.63, 3.8) is 0 Å². The van der Waals surface area contributed by atoms with Crippen molar-refractivity contribution in [3.05, 3.63) is 14.4 Å². The van der Waals surface area contributed by atoms with E-state index in [0.717, 1.165) is 0 Å². The summed E-state index contributed by atoms with van der Waals surface area (Å²) in [5.74, 6) is 0. The number of hydrogen-bond donors (Lipinski definition) is 0. The van der Waals surface area contributed by atoms with E-state index in [1.807, 2.05) is 0 Å². The van der Waals surface area contributed by atoms with Crippen molar-refractivity contribution in [1.29, 1.82) is 0 Å². The van der Waals surface area contributed by atoms with Crippen LogP contribution in [0.1, 0.15) is 6.92 Å². The van der Waals surface area contributed by atoms with Crippen molar-refractivity contribution in [2.75, 3.05) is 0 Å². The van der Waals surface area contributed by atoms with Gasteiger partial charge in [0.2, 0.25) is 0 Å². The molecule has 0 aliphatic rings. The molecular formula is C3H8Cs-. The fraction of sp³-hybridized carbons (Fsp3) is 0.333. The van der Waals surface area contributed by atoms with E-state index in [1.54, 1.807) is 6.92 Å². The predicted molar refractivity (Wildman–Crippen MR) is 17.4 cm³/mol. The summed E-state index contributed by atoms with van der Waals surface area (Å²) in [4.78, 5) is 0. The van der Waals surface area contributed by atoms with E-state index in [2.05, 4.69) is 6.92 Å². The van der Waals surface area contributed by atoms with Crippen LogP contribution < -0.4 is 68.9 Å². The normalized spacial score (nSPS) is 1.50. The minimum absolute atomic E-state index is 0. The molecule has 0 radical (unpaired) electrons. The van der Waals surface area contributed by atoms with Crippen LogP contribution in [0.25, 0.3) is 0 Å². The molecule has 0 saturated carbocycles. The van der Waals surface area contributed by atoms with Crippen LogP contribution in [-0.4, -0.2) is 0 Å². The zero-order valence-electron chi connectivity index (χ0n) is 3.71. The van der Waals surface area contributed by atoms with Gasteiger partial charge in [-0.1, -0.05) is 0 Å². The summed E-state index contributed by atoms with van der Waals surface area (Å²) in [6.45, 7) is 5.00. The molecule has 1 heteroatoms. The van der Waals surface area contributed by atoms with Crippen LogP contribution >= 0.6 is 0 Å². The SMILES string of the molecule is [CH2-]C.[CH3-].[Cs+]. The average Bonchev–Trinajstić information content (AvgIpc) is 1.00. The second-order valence-corrected chi connectivity index (χ2v) is 0. The fourth-order valence-corrected chi connectivity index (χ4v) is 0. The number of rotatable bonds is 0. The molecule has 0 bridgehead atoms. The molecule has 0 heterocycles. The number of hydrogen-bond acceptors (Lipinski definition) is 0. The Morgan fingerprint density at radius 2 is 1.25 bits per heavy atom. The van der Waals surface area contributed by atoms with Crippen molar-refractivity contribution in [2.24, 2.45) is 0 Å². The quantitative estimate of drug-likeness (QED) is 0.387. The molecule has 0 aliphatic heterocycles. The molecule has 0 fully saturated rings. The summed E-state index contributed by atoms with van der Waals surface area (Å²) < 4.78 is 0. The van der Waals surface area contributed by atoms with Gasteiger partial charge >= 0.3 is 68.9 Å². The largest absolute Gasteiger partial charge is 1.00 e. The molecule has 0 unspecified atom stereocenters. The molecule has 0 aromatic carbocycles. The molecule has 0 rings (SSSR count). The van der Waals surface area contributed by atoms with Crippen LogP contribution in [0.5, 0.6) is 0 Å². The summed E-state index contributed by atoms with van der Waals surface area (Å²) in [5.41, 5.74) is 0. The van der Waals surface area contributed by atoms with Gasteiger partial charge in [-0.3, -0.25) is 0 Å². The van der Waals surface area contributed by atoms with Crippen molar-refractivity contribution < 1.29 is 68.9 Å². The average molecular weight is 177 g/mol. The molecule has 22 valence electrons. The Kier molecular flexibility index (Phi) is 81.7. The second-order valence-electron chi connectivity index (χ2n) is 0. The van der Waals surface area contributed by atoms with Gasteiger partial charge in [-0.05, 0) is 0 Å². The van der Waals surface area contributed by atoms with Crippen molar-refractivity contribution in [2.45, 2.75) is 6.92 Å². The first kappa shape index (κ1) is 16.6. The van der Waals surface area contributed by atoms with Gasteiger partial charge in [-0.15, -0.1) is 0 Å². The first-order valence-electron chi connectivity index (χ1n) is 0.707. The molecule has 0 spiro atoms. The van der Waals surface area contributed by atoms with Crippen molar-refractivity contribution >= 4 is 0 Å². The predicted octanol–water partition coefficient (Wildman–Crippen LogP) is -1.71. The van der Waals surface area contributed by atoms with E-state index in [0.29, 0.717) is 0 Å². The Labute approximate surface area is 87.8 Å². The zero-order chi connectivity index (χ0) is 2.00. The smallest absolute Gasteiger partial charge is 0.358 e. The van der Waals surface area contributed by atoms with Crippen molar-refractivity contribution in [1.82, 2.24) is 0 Å². The van der Waals surface area contributed by atoms with Gasteiger partial charge in [-0.25, -0.2) is 0 Å². The van der Waals surface area contributed by atoms with Crippen LogP contribution in [-0.2, 0) is 0 Å². The third-order valence-corrected chi connectivity index (χ3v) is 0. The zero-order valence-corrected chi connectivity index (χ0v) is 9.99. The van der Waals surface area contributed by atoms with Crippen LogP contribution in [0, 0.1) is 14.4 Å². The topological polar surface area (TPSA) is 0 Å². The van der Waals surface area contributed by atoms with Crippen LogP contribution in [0.15, 0.2) is 0 Å². The molecule has 0 aromatic heterocycles. The maximum absolute atomic E-state index is 3.25. The van der Waals surface area contributed by atoms with Crippen molar-refractivity contribution in [3.8, 4) is 0 Å². The van der Waals surface area contributed by atoms with Gasteiger partial charge in [-0.2, -0.15) is 6.92 Å². The van der Waals surface area contributed by atoms with Gasteiger partial charge in [0.1, 0.15) is 0 Å². The summed E-state index contributed by atoms with van der Waals surface area (Å²) in [6, 6.07) is 0. The van der Waals surface area contributed by atoms with Crippen LogP contribution in [0.2, 0.25) is 0 Å². The van der Waals surface area contributed by atoms with E-state index >= 15 is 0 Å². The van der Waals surface area contributed by atoms with E-state index in [4.69, 9.17) is 0 Å². The minimum Gasteiger partial charge on any atom is -0.358 e. The maximum Gasteiger partial charge on any atom is 1.00 e. The van der Waals surface area contributed by atoms with Crippen LogP contribution in [0.4, 0.5) is 0 Å². The third kappa shape index (κ3) is 8.96. The Bertz CT molecular complexity index is 3.25. The Hall–Kier alpha value is 2.05. The molecule has 0 saturated heterocycles. The van der Waals surface area contributed by atoms with Gasteiger partial charge in [0, 0.05) is 0 Å². The first-order chi connectivity index (χ1) is 1.00. The Morgan fingerprint density at radius 1 is 1.25 bits per heavy atom. The van der Waals surface area contributed by atoms with E-state index in [-0.39, 0.29) is 76.3 Å². The molecule has 0 aromatic rings. The van der Waals surface area contributed by atoms with E-state index in [1.165, 1.54) is 0 Å². The second kappa shape index (κ2) is 19.7. The fourth-order valence-electron chi connectivity index (χ4n) is 0. The monoisotopic (exact) mass is 177 g/mol. The van der Waals surface area contributed by atoms with E-state index < -0.39 is 0 Å². The minimum atomic E-state index is 0. The molecule has 0 N–H and O–H groups in total. The molecular weight excluding hydrogens is 169 g/mol. The third-order valence-electron chi connectivity index (χ3n) is 0. The summed E-state index contributed by atoms with van der Waals surface area (Å²) in [5, 5.41) is 0. The molecule has 0 aliphatic carbocycles. The summed E-state index contributed by atoms with van der Waals surface area (Å²) in [7, 11) is 0. The maximum atomic E-state index is 3.25. The van der Waals surface area contributed by atoms with Gasteiger partial charge < -0.3 is 14.4 Å². The van der Waals surface area contributed by atoms with Gasteiger partial charge in [0.05, 0.1) is 0 Å². The molecule has 0 amide bonds. The Morgan fingerprint density at radius 3 is 1.25 bits per heavy atom. The first-order valence-corrected chi connectivity index (χ1v) is 0.707. The molecule has 4 heavy (non-hydrogen) atoms. The van der Waals surface area contributed by atoms with Crippen LogP contribution in [0.3, 0.4) is 0 Å². The summed E-state index contributed by atoms with van der Waals surface area (Å²) in [6.07, 6.45) is 0.